The Hall–Kier alpha value is -0.650. The average Bonchev–Trinajstić information content (AvgIpc) is 2.91. The smallest absolute Gasteiger partial charge is 0.236 e. The van der Waals surface area contributed by atoms with Gasteiger partial charge in [0, 0.05) is 39.9 Å². The van der Waals surface area contributed by atoms with E-state index in [1.807, 2.05) is 4.90 Å². The SMILES string of the molecule is COCC[C@@H]1CN(CC(=O)N2CCCC2)CCO1. The first-order valence-electron chi connectivity index (χ1n) is 6.90. The van der Waals surface area contributed by atoms with Crippen molar-refractivity contribution in [1.82, 2.24) is 9.80 Å². The van der Waals surface area contributed by atoms with Crippen molar-refractivity contribution >= 4 is 5.91 Å². The van der Waals surface area contributed by atoms with E-state index in [2.05, 4.69) is 4.90 Å². The molecule has 0 bridgehead atoms. The number of carbonyl (C=O) groups is 1. The summed E-state index contributed by atoms with van der Waals surface area (Å²) in [5.74, 6) is 0.278. The lowest BCUT2D eigenvalue weighted by molar-refractivity contribution is -0.133. The molecule has 0 aromatic heterocycles. The van der Waals surface area contributed by atoms with Crippen LogP contribution in [0.25, 0.3) is 0 Å². The molecule has 0 aromatic carbocycles. The summed E-state index contributed by atoms with van der Waals surface area (Å²) in [6, 6.07) is 0. The monoisotopic (exact) mass is 256 g/mol. The first-order valence-corrected chi connectivity index (χ1v) is 6.90. The van der Waals surface area contributed by atoms with Gasteiger partial charge in [0.05, 0.1) is 19.3 Å². The van der Waals surface area contributed by atoms with E-state index in [0.29, 0.717) is 6.54 Å². The van der Waals surface area contributed by atoms with Crippen LogP contribution in [0.3, 0.4) is 0 Å². The van der Waals surface area contributed by atoms with Crippen LogP contribution in [0.4, 0.5) is 0 Å². The van der Waals surface area contributed by atoms with Gasteiger partial charge in [0.15, 0.2) is 0 Å². The number of hydrogen-bond acceptors (Lipinski definition) is 4. The fourth-order valence-electron chi connectivity index (χ4n) is 2.61. The second-order valence-electron chi connectivity index (χ2n) is 5.10. The molecule has 2 rings (SSSR count). The van der Waals surface area contributed by atoms with E-state index < -0.39 is 0 Å². The Kier molecular flexibility index (Phi) is 5.41. The largest absolute Gasteiger partial charge is 0.385 e. The van der Waals surface area contributed by atoms with E-state index in [1.54, 1.807) is 7.11 Å². The Morgan fingerprint density at radius 1 is 1.33 bits per heavy atom. The van der Waals surface area contributed by atoms with E-state index in [1.165, 1.54) is 0 Å². The quantitative estimate of drug-likeness (QED) is 0.711. The Bertz CT molecular complexity index is 267. The fraction of sp³-hybridized carbons (Fsp3) is 0.923. The van der Waals surface area contributed by atoms with Gasteiger partial charge in [0.2, 0.25) is 5.91 Å². The number of rotatable bonds is 5. The molecule has 0 aromatic rings. The van der Waals surface area contributed by atoms with Gasteiger partial charge in [-0.05, 0) is 19.3 Å². The van der Waals surface area contributed by atoms with E-state index >= 15 is 0 Å². The summed E-state index contributed by atoms with van der Waals surface area (Å²) in [7, 11) is 1.71. The highest BCUT2D eigenvalue weighted by molar-refractivity contribution is 5.78. The number of likely N-dealkylation sites (tertiary alicyclic amines) is 1. The Balaban J connectivity index is 1.72. The number of methoxy groups -OCH3 is 1. The van der Waals surface area contributed by atoms with Gasteiger partial charge in [-0.1, -0.05) is 0 Å². The summed E-state index contributed by atoms with van der Waals surface area (Å²) in [4.78, 5) is 16.3. The average molecular weight is 256 g/mol. The molecule has 2 aliphatic heterocycles. The van der Waals surface area contributed by atoms with Crippen LogP contribution in [0.2, 0.25) is 0 Å². The molecule has 2 aliphatic rings. The highest BCUT2D eigenvalue weighted by Gasteiger charge is 2.25. The van der Waals surface area contributed by atoms with Crippen LogP contribution in [0.15, 0.2) is 0 Å². The number of amides is 1. The van der Waals surface area contributed by atoms with E-state index in [0.717, 1.165) is 58.7 Å². The van der Waals surface area contributed by atoms with Gasteiger partial charge in [0.25, 0.3) is 0 Å². The molecule has 0 aliphatic carbocycles. The van der Waals surface area contributed by atoms with Crippen LogP contribution in [-0.2, 0) is 14.3 Å². The normalized spacial score (nSPS) is 25.6. The second kappa shape index (κ2) is 7.07. The van der Waals surface area contributed by atoms with Crippen LogP contribution >= 0.6 is 0 Å². The molecule has 0 saturated carbocycles. The zero-order valence-electron chi connectivity index (χ0n) is 11.3. The number of morpholine rings is 1. The Morgan fingerprint density at radius 3 is 2.83 bits per heavy atom. The van der Waals surface area contributed by atoms with Crippen molar-refractivity contribution in [2.75, 3.05) is 53.0 Å². The first-order chi connectivity index (χ1) is 8.79. The molecule has 0 spiro atoms. The molecule has 5 heteroatoms. The maximum absolute atomic E-state index is 12.1. The maximum atomic E-state index is 12.1. The van der Waals surface area contributed by atoms with Crippen LogP contribution in [0.1, 0.15) is 19.3 Å². The molecule has 0 N–H and O–H groups in total. The summed E-state index contributed by atoms with van der Waals surface area (Å²) in [5, 5.41) is 0. The standard InChI is InChI=1S/C13H24N2O3/c1-17-8-4-12-10-14(7-9-18-12)11-13(16)15-5-2-3-6-15/h12H,2-11H2,1H3/t12-/m1/s1. The highest BCUT2D eigenvalue weighted by atomic mass is 16.5. The van der Waals surface area contributed by atoms with Crippen molar-refractivity contribution in [1.29, 1.82) is 0 Å². The molecule has 5 nitrogen and oxygen atoms in total. The van der Waals surface area contributed by atoms with Crippen molar-refractivity contribution in [3.8, 4) is 0 Å². The Labute approximate surface area is 109 Å². The van der Waals surface area contributed by atoms with Gasteiger partial charge in [-0.25, -0.2) is 0 Å². The lowest BCUT2D eigenvalue weighted by Gasteiger charge is -2.33. The van der Waals surface area contributed by atoms with Gasteiger partial charge in [-0.15, -0.1) is 0 Å². The summed E-state index contributed by atoms with van der Waals surface area (Å²) < 4.78 is 10.7. The lowest BCUT2D eigenvalue weighted by Crippen LogP contribution is -2.47. The number of carbonyl (C=O) groups excluding carboxylic acids is 1. The molecule has 2 heterocycles. The molecule has 1 atom stereocenters. The number of nitrogens with zero attached hydrogens (tertiary/aromatic N) is 2. The first kappa shape index (κ1) is 13.8. The predicted molar refractivity (Wildman–Crippen MR) is 68.5 cm³/mol. The third-order valence-corrected chi connectivity index (χ3v) is 3.68. The summed E-state index contributed by atoms with van der Waals surface area (Å²) in [6.07, 6.45) is 3.44. The Morgan fingerprint density at radius 2 is 2.11 bits per heavy atom. The molecule has 0 unspecified atom stereocenters. The van der Waals surface area contributed by atoms with Gasteiger partial charge in [0.1, 0.15) is 0 Å². The topological polar surface area (TPSA) is 42.0 Å². The summed E-state index contributed by atoms with van der Waals surface area (Å²) >= 11 is 0. The maximum Gasteiger partial charge on any atom is 0.236 e. The summed E-state index contributed by atoms with van der Waals surface area (Å²) in [5.41, 5.74) is 0. The van der Waals surface area contributed by atoms with E-state index in [4.69, 9.17) is 9.47 Å². The minimum atomic E-state index is 0.213. The number of hydrogen-bond donors (Lipinski definition) is 0. The van der Waals surface area contributed by atoms with Crippen molar-refractivity contribution in [3.63, 3.8) is 0 Å². The van der Waals surface area contributed by atoms with Gasteiger partial charge >= 0.3 is 0 Å². The van der Waals surface area contributed by atoms with Gasteiger partial charge in [-0.2, -0.15) is 0 Å². The third-order valence-electron chi connectivity index (χ3n) is 3.68. The van der Waals surface area contributed by atoms with E-state index in [9.17, 15) is 4.79 Å². The predicted octanol–water partition coefficient (Wildman–Crippen LogP) is 0.346. The molecule has 0 radical (unpaired) electrons. The minimum absolute atomic E-state index is 0.213. The molecular formula is C13H24N2O3. The molecular weight excluding hydrogens is 232 g/mol. The molecule has 18 heavy (non-hydrogen) atoms. The third kappa shape index (κ3) is 3.93. The molecule has 2 saturated heterocycles. The van der Waals surface area contributed by atoms with Crippen LogP contribution in [0.5, 0.6) is 0 Å². The highest BCUT2D eigenvalue weighted by Crippen LogP contribution is 2.11. The van der Waals surface area contributed by atoms with Crippen molar-refractivity contribution in [3.05, 3.63) is 0 Å². The van der Waals surface area contributed by atoms with Gasteiger partial charge < -0.3 is 14.4 Å². The molecule has 104 valence electrons. The van der Waals surface area contributed by atoms with Crippen LogP contribution < -0.4 is 0 Å². The fourth-order valence-corrected chi connectivity index (χ4v) is 2.61. The second-order valence-corrected chi connectivity index (χ2v) is 5.10. The van der Waals surface area contributed by atoms with Crippen molar-refractivity contribution < 1.29 is 14.3 Å². The van der Waals surface area contributed by atoms with Gasteiger partial charge in [-0.3, -0.25) is 9.69 Å². The van der Waals surface area contributed by atoms with Crippen molar-refractivity contribution in [2.24, 2.45) is 0 Å². The summed E-state index contributed by atoms with van der Waals surface area (Å²) in [6.45, 7) is 5.59. The van der Waals surface area contributed by atoms with Crippen LogP contribution in [0, 0.1) is 0 Å². The minimum Gasteiger partial charge on any atom is -0.385 e. The van der Waals surface area contributed by atoms with E-state index in [-0.39, 0.29) is 12.0 Å². The lowest BCUT2D eigenvalue weighted by atomic mass is 10.2. The van der Waals surface area contributed by atoms with Crippen LogP contribution in [-0.4, -0.2) is 74.9 Å². The molecule has 1 amide bonds. The molecule has 2 fully saturated rings. The zero-order valence-corrected chi connectivity index (χ0v) is 11.3. The number of ether oxygens (including phenoxy) is 2. The zero-order chi connectivity index (χ0) is 12.8. The van der Waals surface area contributed by atoms with Crippen molar-refractivity contribution in [2.45, 2.75) is 25.4 Å².